The van der Waals surface area contributed by atoms with Crippen LogP contribution in [0.15, 0.2) is 0 Å². The van der Waals surface area contributed by atoms with E-state index >= 15 is 0 Å². The van der Waals surface area contributed by atoms with Gasteiger partial charge in [-0.25, -0.2) is 0 Å². The van der Waals surface area contributed by atoms with Gasteiger partial charge >= 0.3 is 18.9 Å². The molecule has 2 nitrogen and oxygen atoms in total. The van der Waals surface area contributed by atoms with E-state index in [9.17, 15) is 0 Å². The molecule has 0 amide bonds. The average Bonchev–Trinajstić information content (AvgIpc) is 1.39. The molecule has 0 rings (SSSR count). The topological polar surface area (TPSA) is 40.5 Å². The van der Waals surface area contributed by atoms with Crippen molar-refractivity contribution in [1.29, 1.82) is 0 Å². The van der Waals surface area contributed by atoms with Crippen LogP contribution >= 0.6 is 0 Å². The molecule has 0 aromatic carbocycles. The van der Waals surface area contributed by atoms with Crippen molar-refractivity contribution >= 4 is 17.4 Å². The van der Waals surface area contributed by atoms with Crippen LogP contribution in [-0.4, -0.2) is 40.8 Å². The molecule has 45 valence electrons. The standard InChI is InChI=1S/2C2H6O.Al.Li.H/c2*1-2-3;;;/h2*3H,2H2,1H3;;;/q;;;+1;-1. The maximum Gasteiger partial charge on any atom is 1.00 e. The number of aliphatic hydroxyl groups excluding tert-OH is 2. The van der Waals surface area contributed by atoms with Gasteiger partial charge < -0.3 is 11.6 Å². The van der Waals surface area contributed by atoms with Crippen molar-refractivity contribution in [2.45, 2.75) is 13.8 Å². The summed E-state index contributed by atoms with van der Waals surface area (Å²) in [5.41, 5.74) is 0. The summed E-state index contributed by atoms with van der Waals surface area (Å²) >= 11 is 0. The Balaban J connectivity index is -0.00000000889. The van der Waals surface area contributed by atoms with Crippen molar-refractivity contribution in [3.8, 4) is 0 Å². The molecule has 0 aliphatic rings. The van der Waals surface area contributed by atoms with Gasteiger partial charge in [0.15, 0.2) is 0 Å². The van der Waals surface area contributed by atoms with Crippen LogP contribution in [0.5, 0.6) is 0 Å². The second-order valence-corrected chi connectivity index (χ2v) is 0.632. The molecule has 2 N–H and O–H groups in total. The molecule has 4 heteroatoms. The zero-order valence-electron chi connectivity index (χ0n) is 6.89. The largest absolute Gasteiger partial charge is 1.00 e. The maximum absolute atomic E-state index is 7.57. The van der Waals surface area contributed by atoms with Crippen LogP contribution < -0.4 is 18.9 Å². The van der Waals surface area contributed by atoms with Crippen molar-refractivity contribution in [1.82, 2.24) is 0 Å². The van der Waals surface area contributed by atoms with E-state index in [1.54, 1.807) is 13.8 Å². The van der Waals surface area contributed by atoms with Gasteiger partial charge in [-0.15, -0.1) is 0 Å². The number of hydrogen-bond donors (Lipinski definition) is 2. The zero-order valence-corrected chi connectivity index (χ0v) is 7.04. The molecule has 0 fully saturated rings. The molecule has 0 unspecified atom stereocenters. The van der Waals surface area contributed by atoms with Crippen molar-refractivity contribution < 1.29 is 30.5 Å². The fourth-order valence-electron chi connectivity index (χ4n) is 0. The Kier molecular flexibility index (Phi) is 124. The van der Waals surface area contributed by atoms with Crippen molar-refractivity contribution in [3.63, 3.8) is 0 Å². The first-order valence-corrected chi connectivity index (χ1v) is 2.05. The van der Waals surface area contributed by atoms with Gasteiger partial charge in [-0.3, -0.25) is 0 Å². The maximum atomic E-state index is 7.57. The molecule has 8 heavy (non-hydrogen) atoms. The first kappa shape index (κ1) is 23.0. The van der Waals surface area contributed by atoms with Crippen LogP contribution in [0, 0.1) is 0 Å². The molecule has 0 heterocycles. The van der Waals surface area contributed by atoms with E-state index in [0.717, 1.165) is 0 Å². The predicted octanol–water partition coefficient (Wildman–Crippen LogP) is -3.27. The van der Waals surface area contributed by atoms with Gasteiger partial charge in [-0.2, -0.15) is 0 Å². The molecule has 0 bridgehead atoms. The molecule has 0 saturated heterocycles. The Hall–Kier alpha value is 1.05. The third-order valence-electron chi connectivity index (χ3n) is 0. The molecule has 0 saturated carbocycles. The third kappa shape index (κ3) is 234. The van der Waals surface area contributed by atoms with Crippen molar-refractivity contribution in [3.05, 3.63) is 0 Å². The van der Waals surface area contributed by atoms with Crippen LogP contribution in [0.3, 0.4) is 0 Å². The van der Waals surface area contributed by atoms with Crippen LogP contribution in [0.25, 0.3) is 0 Å². The summed E-state index contributed by atoms with van der Waals surface area (Å²) in [7, 11) is 0. The molecule has 0 aliphatic heterocycles. The average molecular weight is 127 g/mol. The Morgan fingerprint density at radius 2 is 1.12 bits per heavy atom. The van der Waals surface area contributed by atoms with E-state index in [4.69, 9.17) is 10.2 Å². The Morgan fingerprint density at radius 3 is 1.12 bits per heavy atom. The molecular formula is C4H13AlLiO2. The third-order valence-corrected chi connectivity index (χ3v) is 0. The summed E-state index contributed by atoms with van der Waals surface area (Å²) in [6.07, 6.45) is 0. The molecule has 0 aliphatic carbocycles. The summed E-state index contributed by atoms with van der Waals surface area (Å²) in [5.74, 6) is 0. The Labute approximate surface area is 75.1 Å². The first-order chi connectivity index (χ1) is 2.83. The van der Waals surface area contributed by atoms with Gasteiger partial charge in [0.1, 0.15) is 0 Å². The second kappa shape index (κ2) is 43.0. The summed E-state index contributed by atoms with van der Waals surface area (Å²) in [4.78, 5) is 0. The minimum Gasteiger partial charge on any atom is -1.00 e. The summed E-state index contributed by atoms with van der Waals surface area (Å²) in [6, 6.07) is 0. The first-order valence-electron chi connectivity index (χ1n) is 2.05. The number of hydrogen-bond acceptors (Lipinski definition) is 2. The van der Waals surface area contributed by atoms with Gasteiger partial charge in [0.25, 0.3) is 0 Å². The molecule has 0 spiro atoms. The fourth-order valence-corrected chi connectivity index (χ4v) is 0. The van der Waals surface area contributed by atoms with E-state index in [0.29, 0.717) is 0 Å². The smallest absolute Gasteiger partial charge is 1.00 e. The summed E-state index contributed by atoms with van der Waals surface area (Å²) < 4.78 is 0. The van der Waals surface area contributed by atoms with Gasteiger partial charge in [0.2, 0.25) is 0 Å². The molecule has 0 atom stereocenters. The predicted molar refractivity (Wildman–Crippen MR) is 32.4 cm³/mol. The van der Waals surface area contributed by atoms with Crippen LogP contribution in [0.4, 0.5) is 0 Å². The van der Waals surface area contributed by atoms with Gasteiger partial charge in [0, 0.05) is 30.6 Å². The Morgan fingerprint density at radius 1 is 1.12 bits per heavy atom. The van der Waals surface area contributed by atoms with Crippen LogP contribution in [0.1, 0.15) is 15.3 Å². The van der Waals surface area contributed by atoms with E-state index in [2.05, 4.69) is 0 Å². The molecule has 0 aromatic heterocycles. The zero-order chi connectivity index (χ0) is 5.41. The monoisotopic (exact) mass is 127 g/mol. The van der Waals surface area contributed by atoms with Crippen molar-refractivity contribution in [2.75, 3.05) is 13.2 Å². The van der Waals surface area contributed by atoms with Crippen molar-refractivity contribution in [2.24, 2.45) is 0 Å². The Bertz CT molecular complexity index is 20.5. The van der Waals surface area contributed by atoms with Crippen LogP contribution in [-0.2, 0) is 0 Å². The van der Waals surface area contributed by atoms with E-state index < -0.39 is 0 Å². The quantitative estimate of drug-likeness (QED) is 0.335. The minimum absolute atomic E-state index is 0. The van der Waals surface area contributed by atoms with Crippen LogP contribution in [0.2, 0.25) is 0 Å². The second-order valence-electron chi connectivity index (χ2n) is 0.632. The number of aliphatic hydroxyl groups is 2. The van der Waals surface area contributed by atoms with E-state index in [1.807, 2.05) is 0 Å². The number of rotatable bonds is 0. The molecule has 0 aromatic rings. The molecular weight excluding hydrogens is 114 g/mol. The van der Waals surface area contributed by atoms with Gasteiger partial charge in [-0.05, 0) is 13.8 Å². The van der Waals surface area contributed by atoms with Gasteiger partial charge in [0.05, 0.1) is 0 Å². The summed E-state index contributed by atoms with van der Waals surface area (Å²) in [6.45, 7) is 3.86. The molecule has 3 radical (unpaired) electrons. The fraction of sp³-hybridized carbons (Fsp3) is 1.00. The van der Waals surface area contributed by atoms with E-state index in [1.165, 1.54) is 0 Å². The van der Waals surface area contributed by atoms with Gasteiger partial charge in [-0.1, -0.05) is 0 Å². The van der Waals surface area contributed by atoms with E-state index in [-0.39, 0.29) is 50.9 Å². The summed E-state index contributed by atoms with van der Waals surface area (Å²) in [5, 5.41) is 15.1. The SMILES string of the molecule is CCO.CCO.[Al].[H-].[Li+]. The normalized spacial score (nSPS) is 4.50. The minimum atomic E-state index is 0.